The van der Waals surface area contributed by atoms with Crippen molar-refractivity contribution in [3.8, 4) is 28.4 Å². The average molecular weight is 479 g/mol. The van der Waals surface area contributed by atoms with E-state index in [0.717, 1.165) is 70.7 Å². The van der Waals surface area contributed by atoms with Crippen molar-refractivity contribution >= 4 is 22.8 Å². The Morgan fingerprint density at radius 3 is 2.50 bits per heavy atom. The van der Waals surface area contributed by atoms with Crippen molar-refractivity contribution in [3.63, 3.8) is 0 Å². The van der Waals surface area contributed by atoms with Crippen LogP contribution in [0.25, 0.3) is 22.6 Å². The largest absolute Gasteiger partial charge is 0.497 e. The number of thiophene rings is 1. The van der Waals surface area contributed by atoms with Gasteiger partial charge in [-0.2, -0.15) is 11.3 Å². The van der Waals surface area contributed by atoms with Gasteiger partial charge in [0.2, 0.25) is 0 Å². The lowest BCUT2D eigenvalue weighted by Crippen LogP contribution is -2.24. The van der Waals surface area contributed by atoms with Gasteiger partial charge in [0.25, 0.3) is 0 Å². The number of methoxy groups -OCH3 is 1. The van der Waals surface area contributed by atoms with Gasteiger partial charge < -0.3 is 25.2 Å². The van der Waals surface area contributed by atoms with Crippen LogP contribution in [0, 0.1) is 20.8 Å². The molecule has 4 aromatic rings. The molecule has 0 radical (unpaired) electrons. The summed E-state index contributed by atoms with van der Waals surface area (Å²) in [5, 5.41) is 18.5. The summed E-state index contributed by atoms with van der Waals surface area (Å²) in [7, 11) is 3.61. The second-order valence-corrected chi connectivity index (χ2v) is 8.76. The molecule has 0 unspecified atom stereocenters. The third-order valence-corrected chi connectivity index (χ3v) is 6.41. The highest BCUT2D eigenvalue weighted by molar-refractivity contribution is 7.08. The lowest BCUT2D eigenvalue weighted by molar-refractivity contribution is 0.393. The van der Waals surface area contributed by atoms with Gasteiger partial charge in [-0.15, -0.1) is 0 Å². The maximum Gasteiger partial charge on any atom is 0.163 e. The Balaban J connectivity index is 1.77. The number of nitrogens with zero attached hydrogens (tertiary/aromatic N) is 3. The van der Waals surface area contributed by atoms with Gasteiger partial charge in [0.1, 0.15) is 17.3 Å². The maximum atomic E-state index is 5.46. The van der Waals surface area contributed by atoms with E-state index in [1.807, 2.05) is 52.1 Å². The number of hydrogen-bond acceptors (Lipinski definition) is 9. The van der Waals surface area contributed by atoms with Gasteiger partial charge in [-0.25, -0.2) is 9.97 Å². The van der Waals surface area contributed by atoms with Gasteiger partial charge in [-0.1, -0.05) is 5.16 Å². The van der Waals surface area contributed by atoms with Crippen molar-refractivity contribution in [2.75, 3.05) is 32.6 Å². The number of rotatable bonds is 10. The number of anilines is 2. The molecule has 178 valence electrons. The molecule has 9 heteroatoms. The first-order valence-electron chi connectivity index (χ1n) is 11.2. The SMILES string of the molecule is CNCCNCc1cscc1-c1nc(Nc2ccc(OC)cc2)c(C)c(-c2c(C)noc2C)n1. The van der Waals surface area contributed by atoms with Crippen LogP contribution in [-0.4, -0.2) is 42.4 Å². The molecule has 0 aliphatic carbocycles. The van der Waals surface area contributed by atoms with E-state index in [0.29, 0.717) is 5.82 Å². The summed E-state index contributed by atoms with van der Waals surface area (Å²) in [5.74, 6) is 2.95. The predicted molar refractivity (Wildman–Crippen MR) is 137 cm³/mol. The molecule has 0 spiro atoms. The Kier molecular flexibility index (Phi) is 7.56. The van der Waals surface area contributed by atoms with Crippen LogP contribution in [0.2, 0.25) is 0 Å². The molecule has 0 saturated heterocycles. The first kappa shape index (κ1) is 23.9. The summed E-state index contributed by atoms with van der Waals surface area (Å²) >= 11 is 1.65. The Labute approximate surface area is 203 Å². The lowest BCUT2D eigenvalue weighted by atomic mass is 10.0. The second-order valence-electron chi connectivity index (χ2n) is 8.01. The fourth-order valence-corrected chi connectivity index (χ4v) is 4.56. The zero-order chi connectivity index (χ0) is 24.1. The van der Waals surface area contributed by atoms with Crippen molar-refractivity contribution < 1.29 is 9.26 Å². The van der Waals surface area contributed by atoms with E-state index < -0.39 is 0 Å². The first-order valence-corrected chi connectivity index (χ1v) is 12.1. The number of aromatic nitrogens is 3. The monoisotopic (exact) mass is 478 g/mol. The summed E-state index contributed by atoms with van der Waals surface area (Å²) < 4.78 is 10.7. The topological polar surface area (TPSA) is 97.1 Å². The summed E-state index contributed by atoms with van der Waals surface area (Å²) in [6, 6.07) is 7.78. The van der Waals surface area contributed by atoms with E-state index in [9.17, 15) is 0 Å². The zero-order valence-corrected chi connectivity index (χ0v) is 21.0. The van der Waals surface area contributed by atoms with Gasteiger partial charge in [0.15, 0.2) is 5.82 Å². The smallest absolute Gasteiger partial charge is 0.163 e. The lowest BCUT2D eigenvalue weighted by Gasteiger charge is -2.15. The normalized spacial score (nSPS) is 11.1. The fraction of sp³-hybridized carbons (Fsp3) is 0.320. The fourth-order valence-electron chi connectivity index (χ4n) is 3.73. The summed E-state index contributed by atoms with van der Waals surface area (Å²) in [4.78, 5) is 9.96. The van der Waals surface area contributed by atoms with E-state index in [4.69, 9.17) is 19.2 Å². The van der Waals surface area contributed by atoms with Crippen molar-refractivity contribution in [3.05, 3.63) is 57.6 Å². The van der Waals surface area contributed by atoms with E-state index >= 15 is 0 Å². The molecule has 0 aliphatic heterocycles. The Bertz CT molecular complexity index is 1230. The minimum atomic E-state index is 0.670. The third kappa shape index (κ3) is 5.11. The molecule has 34 heavy (non-hydrogen) atoms. The quantitative estimate of drug-likeness (QED) is 0.279. The Hall–Kier alpha value is -3.27. The van der Waals surface area contributed by atoms with E-state index in [-0.39, 0.29) is 0 Å². The van der Waals surface area contributed by atoms with Crippen molar-refractivity contribution in [2.24, 2.45) is 0 Å². The van der Waals surface area contributed by atoms with E-state index in [1.54, 1.807) is 18.4 Å². The molecule has 8 nitrogen and oxygen atoms in total. The van der Waals surface area contributed by atoms with Crippen molar-refractivity contribution in [1.82, 2.24) is 25.8 Å². The molecule has 1 aromatic carbocycles. The molecule has 3 N–H and O–H groups in total. The summed E-state index contributed by atoms with van der Waals surface area (Å²) in [6.07, 6.45) is 0. The maximum absolute atomic E-state index is 5.46. The molecule has 0 fully saturated rings. The van der Waals surface area contributed by atoms with Crippen LogP contribution in [0.4, 0.5) is 11.5 Å². The van der Waals surface area contributed by atoms with Crippen LogP contribution < -0.4 is 20.7 Å². The molecular weight excluding hydrogens is 448 g/mol. The summed E-state index contributed by atoms with van der Waals surface area (Å²) in [5.41, 5.74) is 6.56. The third-order valence-electron chi connectivity index (χ3n) is 5.62. The molecule has 3 heterocycles. The van der Waals surface area contributed by atoms with Gasteiger partial charge in [0, 0.05) is 41.8 Å². The van der Waals surface area contributed by atoms with E-state index in [2.05, 4.69) is 31.9 Å². The summed E-state index contributed by atoms with van der Waals surface area (Å²) in [6.45, 7) is 8.41. The minimum absolute atomic E-state index is 0.670. The van der Waals surface area contributed by atoms with Crippen LogP contribution in [0.5, 0.6) is 5.75 Å². The van der Waals surface area contributed by atoms with E-state index in [1.165, 1.54) is 5.56 Å². The second kappa shape index (κ2) is 10.8. The van der Waals surface area contributed by atoms with Gasteiger partial charge in [-0.3, -0.25) is 0 Å². The first-order chi connectivity index (χ1) is 16.5. The number of aryl methyl sites for hydroxylation is 2. The number of likely N-dealkylation sites (N-methyl/N-ethyl adjacent to an activating group) is 1. The van der Waals surface area contributed by atoms with Crippen molar-refractivity contribution in [2.45, 2.75) is 27.3 Å². The Morgan fingerprint density at radius 2 is 1.82 bits per heavy atom. The number of hydrogen-bond donors (Lipinski definition) is 3. The molecule has 0 saturated carbocycles. The zero-order valence-electron chi connectivity index (χ0n) is 20.2. The highest BCUT2D eigenvalue weighted by atomic mass is 32.1. The highest BCUT2D eigenvalue weighted by Crippen LogP contribution is 2.35. The van der Waals surface area contributed by atoms with Crippen LogP contribution in [0.3, 0.4) is 0 Å². The molecule has 4 rings (SSSR count). The molecule has 0 atom stereocenters. The number of benzene rings is 1. The predicted octanol–water partition coefficient (Wildman–Crippen LogP) is 4.85. The van der Waals surface area contributed by atoms with Gasteiger partial charge in [0.05, 0.1) is 24.1 Å². The minimum Gasteiger partial charge on any atom is -0.497 e. The molecule has 0 amide bonds. The van der Waals surface area contributed by atoms with Gasteiger partial charge >= 0.3 is 0 Å². The molecule has 3 aromatic heterocycles. The standard InChI is InChI=1S/C25H30N6O2S/c1-15-23(22-16(2)31-33-17(22)3)29-25(21-14-34-13-18(21)12-27-11-10-26-4)30-24(15)28-19-6-8-20(32-5)9-7-19/h6-9,13-14,26-27H,10-12H2,1-5H3,(H,28,29,30). The molecular formula is C25H30N6O2S. The average Bonchev–Trinajstić information content (AvgIpc) is 3.45. The van der Waals surface area contributed by atoms with Crippen LogP contribution in [-0.2, 0) is 6.54 Å². The molecule has 0 bridgehead atoms. The Morgan fingerprint density at radius 1 is 1.03 bits per heavy atom. The number of ether oxygens (including phenoxy) is 1. The van der Waals surface area contributed by atoms with Crippen LogP contribution in [0.1, 0.15) is 22.6 Å². The molecule has 0 aliphatic rings. The van der Waals surface area contributed by atoms with Crippen LogP contribution >= 0.6 is 11.3 Å². The van der Waals surface area contributed by atoms with Gasteiger partial charge in [-0.05, 0) is 63.0 Å². The van der Waals surface area contributed by atoms with Crippen molar-refractivity contribution in [1.29, 1.82) is 0 Å². The number of nitrogens with one attached hydrogen (secondary N) is 3. The highest BCUT2D eigenvalue weighted by Gasteiger charge is 2.21. The van der Waals surface area contributed by atoms with Crippen LogP contribution in [0.15, 0.2) is 39.5 Å².